The molecule has 0 radical (unpaired) electrons. The normalized spacial score (nSPS) is 10.2. The van der Waals surface area contributed by atoms with Crippen molar-refractivity contribution in [3.63, 3.8) is 0 Å². The van der Waals surface area contributed by atoms with Crippen LogP contribution in [0.25, 0.3) is 0 Å². The number of nitrogens with zero attached hydrogens (tertiary/aromatic N) is 2. The van der Waals surface area contributed by atoms with Gasteiger partial charge in [0.15, 0.2) is 0 Å². The van der Waals surface area contributed by atoms with Crippen molar-refractivity contribution >= 4 is 24.2 Å². The Labute approximate surface area is 84.1 Å². The summed E-state index contributed by atoms with van der Waals surface area (Å²) in [5, 5.41) is 0.931. The molecule has 2 aromatic rings. The van der Waals surface area contributed by atoms with Crippen LogP contribution in [0, 0.1) is 0 Å². The topological polar surface area (TPSA) is 48.2 Å². The molecule has 13 heavy (non-hydrogen) atoms. The van der Waals surface area contributed by atoms with E-state index in [0.717, 1.165) is 5.76 Å². The molecule has 0 atom stereocenters. The van der Waals surface area contributed by atoms with Gasteiger partial charge in [-0.25, -0.2) is 0 Å². The maximum absolute atomic E-state index is 5.27. The fourth-order valence-corrected chi connectivity index (χ4v) is 1.51. The number of furan rings is 1. The molecule has 0 N–H and O–H groups in total. The zero-order valence-corrected chi connectivity index (χ0v) is 8.22. The van der Waals surface area contributed by atoms with Crippen molar-refractivity contribution in [1.29, 1.82) is 0 Å². The van der Waals surface area contributed by atoms with Crippen LogP contribution in [0.3, 0.4) is 0 Å². The third-order valence-corrected chi connectivity index (χ3v) is 2.28. The molecule has 0 aromatic carbocycles. The summed E-state index contributed by atoms with van der Waals surface area (Å²) >= 11 is 5.13. The predicted octanol–water partition coefficient (Wildman–Crippen LogP) is 2.00. The molecule has 0 aliphatic carbocycles. The molecule has 68 valence electrons. The number of hydrogen-bond acceptors (Lipinski definition) is 6. The Balaban J connectivity index is 1.93. The van der Waals surface area contributed by atoms with E-state index in [4.69, 9.17) is 9.15 Å². The van der Waals surface area contributed by atoms with Gasteiger partial charge in [-0.1, -0.05) is 0 Å². The second-order valence-electron chi connectivity index (χ2n) is 2.23. The van der Waals surface area contributed by atoms with Crippen LogP contribution in [-0.4, -0.2) is 9.36 Å². The Morgan fingerprint density at radius 2 is 2.54 bits per heavy atom. The van der Waals surface area contributed by atoms with E-state index in [1.54, 1.807) is 6.26 Å². The van der Waals surface area contributed by atoms with Crippen LogP contribution in [0.5, 0.6) is 5.19 Å². The molecule has 0 saturated heterocycles. The molecule has 0 bridgehead atoms. The third-order valence-electron chi connectivity index (χ3n) is 1.31. The van der Waals surface area contributed by atoms with Crippen LogP contribution < -0.4 is 4.74 Å². The molecule has 0 amide bonds. The van der Waals surface area contributed by atoms with Gasteiger partial charge in [0.05, 0.1) is 6.26 Å². The number of aromatic nitrogens is 2. The van der Waals surface area contributed by atoms with Crippen molar-refractivity contribution in [2.75, 3.05) is 0 Å². The highest BCUT2D eigenvalue weighted by atomic mass is 32.1. The standard InChI is InChI=1S/C7H6N2O2S2/c12-6-8-7(13-9-6)11-4-5-2-1-3-10-5/h1-3H,4H2,(H,9,12). The van der Waals surface area contributed by atoms with Gasteiger partial charge in [-0.15, -0.1) is 12.6 Å². The zero-order chi connectivity index (χ0) is 9.10. The molecular weight excluding hydrogens is 208 g/mol. The molecule has 0 saturated carbocycles. The number of hydrogen-bond donors (Lipinski definition) is 1. The molecule has 0 aliphatic heterocycles. The van der Waals surface area contributed by atoms with E-state index in [2.05, 4.69) is 22.0 Å². The van der Waals surface area contributed by atoms with Gasteiger partial charge >= 0.3 is 0 Å². The van der Waals surface area contributed by atoms with E-state index in [-0.39, 0.29) is 0 Å². The van der Waals surface area contributed by atoms with Gasteiger partial charge in [0.2, 0.25) is 5.16 Å². The summed E-state index contributed by atoms with van der Waals surface area (Å²) in [5.74, 6) is 0.760. The van der Waals surface area contributed by atoms with Crippen LogP contribution >= 0.6 is 24.2 Å². The van der Waals surface area contributed by atoms with Gasteiger partial charge < -0.3 is 9.15 Å². The zero-order valence-electron chi connectivity index (χ0n) is 6.51. The van der Waals surface area contributed by atoms with Crippen LogP contribution in [0.2, 0.25) is 0 Å². The predicted molar refractivity (Wildman–Crippen MR) is 50.2 cm³/mol. The van der Waals surface area contributed by atoms with Crippen molar-refractivity contribution in [1.82, 2.24) is 9.36 Å². The smallest absolute Gasteiger partial charge is 0.294 e. The Morgan fingerprint density at radius 1 is 1.62 bits per heavy atom. The van der Waals surface area contributed by atoms with Crippen LogP contribution in [0.1, 0.15) is 5.76 Å². The fraction of sp³-hybridized carbons (Fsp3) is 0.143. The monoisotopic (exact) mass is 214 g/mol. The quantitative estimate of drug-likeness (QED) is 0.794. The molecular formula is C7H6N2O2S2. The van der Waals surface area contributed by atoms with Gasteiger partial charge in [0, 0.05) is 11.5 Å². The SMILES string of the molecule is Sc1nsc(OCc2ccco2)n1. The van der Waals surface area contributed by atoms with Gasteiger partial charge in [0.25, 0.3) is 5.19 Å². The van der Waals surface area contributed by atoms with Crippen molar-refractivity contribution < 1.29 is 9.15 Å². The molecule has 0 spiro atoms. The highest BCUT2D eigenvalue weighted by molar-refractivity contribution is 7.80. The van der Waals surface area contributed by atoms with E-state index >= 15 is 0 Å². The first kappa shape index (κ1) is 8.58. The van der Waals surface area contributed by atoms with E-state index in [1.807, 2.05) is 12.1 Å². The minimum Gasteiger partial charge on any atom is -0.466 e. The Hall–Kier alpha value is -1.01. The van der Waals surface area contributed by atoms with E-state index in [1.165, 1.54) is 11.5 Å². The van der Waals surface area contributed by atoms with Crippen molar-refractivity contribution in [3.8, 4) is 5.19 Å². The van der Waals surface area contributed by atoms with E-state index < -0.39 is 0 Å². The van der Waals surface area contributed by atoms with Crippen molar-refractivity contribution in [3.05, 3.63) is 24.2 Å². The van der Waals surface area contributed by atoms with Gasteiger partial charge in [-0.2, -0.15) is 9.36 Å². The summed E-state index contributed by atoms with van der Waals surface area (Å²) in [6.07, 6.45) is 1.60. The summed E-state index contributed by atoms with van der Waals surface area (Å²) in [5.41, 5.74) is 0. The molecule has 0 fully saturated rings. The van der Waals surface area contributed by atoms with Crippen LogP contribution in [-0.2, 0) is 6.61 Å². The second-order valence-corrected chi connectivity index (χ2v) is 3.34. The minimum atomic E-state index is 0.370. The first-order chi connectivity index (χ1) is 6.34. The third kappa shape index (κ3) is 2.22. The molecule has 2 heterocycles. The average molecular weight is 214 g/mol. The molecule has 0 unspecified atom stereocenters. The lowest BCUT2D eigenvalue weighted by Crippen LogP contribution is -1.92. The Bertz CT molecular complexity index is 372. The first-order valence-electron chi connectivity index (χ1n) is 3.52. The summed E-state index contributed by atoms with van der Waals surface area (Å²) in [6, 6.07) is 3.64. The molecule has 4 nitrogen and oxygen atoms in total. The Morgan fingerprint density at radius 3 is 3.15 bits per heavy atom. The van der Waals surface area contributed by atoms with Crippen LogP contribution in [0.15, 0.2) is 28.0 Å². The van der Waals surface area contributed by atoms with Crippen LogP contribution in [0.4, 0.5) is 0 Å². The Kier molecular flexibility index (Phi) is 2.51. The molecule has 0 aliphatic rings. The maximum atomic E-state index is 5.27. The lowest BCUT2D eigenvalue weighted by Gasteiger charge is -1.96. The van der Waals surface area contributed by atoms with Gasteiger partial charge in [0.1, 0.15) is 12.4 Å². The van der Waals surface area contributed by atoms with E-state index in [0.29, 0.717) is 17.0 Å². The summed E-state index contributed by atoms with van der Waals surface area (Å²) in [6.45, 7) is 0.370. The minimum absolute atomic E-state index is 0.370. The van der Waals surface area contributed by atoms with Crippen molar-refractivity contribution in [2.24, 2.45) is 0 Å². The van der Waals surface area contributed by atoms with E-state index in [9.17, 15) is 0 Å². The number of ether oxygens (including phenoxy) is 1. The highest BCUT2D eigenvalue weighted by Gasteiger charge is 2.02. The van der Waals surface area contributed by atoms with Crippen molar-refractivity contribution in [2.45, 2.75) is 11.8 Å². The second kappa shape index (κ2) is 3.80. The summed E-state index contributed by atoms with van der Waals surface area (Å²) < 4.78 is 14.2. The molecule has 6 heteroatoms. The molecule has 2 aromatic heterocycles. The lowest BCUT2D eigenvalue weighted by molar-refractivity contribution is 0.268. The first-order valence-corrected chi connectivity index (χ1v) is 4.74. The lowest BCUT2D eigenvalue weighted by atomic mass is 10.5. The van der Waals surface area contributed by atoms with Gasteiger partial charge in [-0.05, 0) is 12.1 Å². The number of rotatable bonds is 3. The van der Waals surface area contributed by atoms with Gasteiger partial charge in [-0.3, -0.25) is 0 Å². The summed E-state index contributed by atoms with van der Waals surface area (Å²) in [7, 11) is 0. The highest BCUT2D eigenvalue weighted by Crippen LogP contribution is 2.17. The maximum Gasteiger partial charge on any atom is 0.294 e. The fourth-order valence-electron chi connectivity index (χ4n) is 0.789. The number of thiol groups is 1. The average Bonchev–Trinajstić information content (AvgIpc) is 2.71. The largest absolute Gasteiger partial charge is 0.466 e. The summed E-state index contributed by atoms with van der Waals surface area (Å²) in [4.78, 5) is 3.92. The molecule has 2 rings (SSSR count).